The average Bonchev–Trinajstić information content (AvgIpc) is 2.57. The van der Waals surface area contributed by atoms with Crippen molar-refractivity contribution in [3.05, 3.63) is 62.9 Å². The third kappa shape index (κ3) is 5.53. The summed E-state index contributed by atoms with van der Waals surface area (Å²) in [5, 5.41) is 1.65. The molecule has 0 fully saturated rings. The highest BCUT2D eigenvalue weighted by Gasteiger charge is 2.10. The standard InChI is InChI=1S/C20H29BrN2O/c1-7-14(3)19(21)12-15(4)16(5)24-13-18-17(8-2)10-9-11-20(18)23(6)22/h7,9-12H,8,13,22H2,1-6H3/b14-7-,16-15+,19-12+. The van der Waals surface area contributed by atoms with Crippen molar-refractivity contribution in [3.63, 3.8) is 0 Å². The van der Waals surface area contributed by atoms with Crippen LogP contribution in [0.2, 0.25) is 0 Å². The van der Waals surface area contributed by atoms with Gasteiger partial charge in [0.15, 0.2) is 0 Å². The first-order chi connectivity index (χ1) is 11.3. The number of ether oxygens (including phenoxy) is 1. The maximum atomic E-state index is 6.05. The monoisotopic (exact) mass is 392 g/mol. The summed E-state index contributed by atoms with van der Waals surface area (Å²) in [6.07, 6.45) is 5.12. The second-order valence-corrected chi connectivity index (χ2v) is 6.73. The van der Waals surface area contributed by atoms with Gasteiger partial charge in [-0.25, -0.2) is 5.84 Å². The first-order valence-corrected chi connectivity index (χ1v) is 9.01. The lowest BCUT2D eigenvalue weighted by Gasteiger charge is -2.20. The third-order valence-corrected chi connectivity index (χ3v) is 5.00. The molecule has 0 heterocycles. The first-order valence-electron chi connectivity index (χ1n) is 8.21. The SMILES string of the molecule is C\C=C(C)/C(Br)=C\C(C)=C(/C)OCc1c(CC)cccc1N(C)N. The van der Waals surface area contributed by atoms with Crippen LogP contribution in [0.25, 0.3) is 0 Å². The molecule has 0 bridgehead atoms. The molecule has 1 aromatic carbocycles. The Morgan fingerprint density at radius 3 is 2.50 bits per heavy atom. The lowest BCUT2D eigenvalue weighted by molar-refractivity contribution is 0.197. The number of nitrogens with two attached hydrogens (primary N) is 1. The van der Waals surface area contributed by atoms with Crippen molar-refractivity contribution in [3.8, 4) is 0 Å². The van der Waals surface area contributed by atoms with E-state index in [0.717, 1.165) is 33.5 Å². The molecule has 132 valence electrons. The normalized spacial score (nSPS) is 13.7. The maximum absolute atomic E-state index is 6.05. The molecule has 0 saturated heterocycles. The molecular weight excluding hydrogens is 364 g/mol. The zero-order valence-corrected chi connectivity index (χ0v) is 17.2. The van der Waals surface area contributed by atoms with E-state index in [1.807, 2.05) is 33.0 Å². The molecule has 0 aliphatic heterocycles. The van der Waals surface area contributed by atoms with Crippen molar-refractivity contribution in [2.75, 3.05) is 12.1 Å². The summed E-state index contributed by atoms with van der Waals surface area (Å²) >= 11 is 3.60. The van der Waals surface area contributed by atoms with Crippen LogP contribution in [0.1, 0.15) is 45.7 Å². The van der Waals surface area contributed by atoms with Gasteiger partial charge in [-0.3, -0.25) is 0 Å². The molecule has 0 aromatic heterocycles. The fourth-order valence-electron chi connectivity index (χ4n) is 2.29. The Kier molecular flexibility index (Phi) is 8.29. The van der Waals surface area contributed by atoms with E-state index in [9.17, 15) is 0 Å². The van der Waals surface area contributed by atoms with Gasteiger partial charge in [0.05, 0.1) is 11.4 Å². The van der Waals surface area contributed by atoms with Gasteiger partial charge >= 0.3 is 0 Å². The fourth-order valence-corrected chi connectivity index (χ4v) is 2.86. The molecule has 0 amide bonds. The minimum absolute atomic E-state index is 0.512. The van der Waals surface area contributed by atoms with Crippen LogP contribution < -0.4 is 10.9 Å². The number of anilines is 1. The van der Waals surface area contributed by atoms with Gasteiger partial charge in [0, 0.05) is 17.1 Å². The van der Waals surface area contributed by atoms with Gasteiger partial charge in [0.25, 0.3) is 0 Å². The van der Waals surface area contributed by atoms with Crippen molar-refractivity contribution in [2.24, 2.45) is 5.84 Å². The molecule has 24 heavy (non-hydrogen) atoms. The van der Waals surface area contributed by atoms with Crippen molar-refractivity contribution in [2.45, 2.75) is 47.6 Å². The molecule has 1 aromatic rings. The van der Waals surface area contributed by atoms with Crippen LogP contribution in [0.3, 0.4) is 0 Å². The van der Waals surface area contributed by atoms with Gasteiger partial charge in [0.1, 0.15) is 6.61 Å². The Bertz CT molecular complexity index is 658. The van der Waals surface area contributed by atoms with E-state index < -0.39 is 0 Å². The second kappa shape index (κ2) is 9.70. The van der Waals surface area contributed by atoms with Crippen LogP contribution in [0, 0.1) is 0 Å². The minimum atomic E-state index is 0.512. The van der Waals surface area contributed by atoms with Crippen LogP contribution in [0.5, 0.6) is 0 Å². The van der Waals surface area contributed by atoms with E-state index in [4.69, 9.17) is 10.6 Å². The Morgan fingerprint density at radius 2 is 1.96 bits per heavy atom. The van der Waals surface area contributed by atoms with Gasteiger partial charge < -0.3 is 9.75 Å². The molecule has 3 nitrogen and oxygen atoms in total. The maximum Gasteiger partial charge on any atom is 0.115 e. The number of rotatable bonds is 7. The smallest absolute Gasteiger partial charge is 0.115 e. The van der Waals surface area contributed by atoms with E-state index in [-0.39, 0.29) is 0 Å². The van der Waals surface area contributed by atoms with Crippen LogP contribution in [-0.2, 0) is 17.8 Å². The number of benzene rings is 1. The van der Waals surface area contributed by atoms with Crippen LogP contribution >= 0.6 is 15.9 Å². The Balaban J connectivity index is 3.02. The Morgan fingerprint density at radius 1 is 1.29 bits per heavy atom. The Hall–Kier alpha value is -1.52. The number of aryl methyl sites for hydroxylation is 1. The Labute approximate surface area is 155 Å². The predicted octanol–water partition coefficient (Wildman–Crippen LogP) is 5.61. The van der Waals surface area contributed by atoms with Gasteiger partial charge in [-0.05, 0) is 63.0 Å². The van der Waals surface area contributed by atoms with E-state index in [1.54, 1.807) is 5.01 Å². The number of halogens is 1. The van der Waals surface area contributed by atoms with Crippen LogP contribution in [0.4, 0.5) is 5.69 Å². The molecule has 0 saturated carbocycles. The molecule has 0 aliphatic rings. The lowest BCUT2D eigenvalue weighted by atomic mass is 10.0. The van der Waals surface area contributed by atoms with Gasteiger partial charge in [0.2, 0.25) is 0 Å². The van der Waals surface area contributed by atoms with Gasteiger partial charge in [-0.2, -0.15) is 0 Å². The minimum Gasteiger partial charge on any atom is -0.493 e. The highest BCUT2D eigenvalue weighted by Crippen LogP contribution is 2.25. The van der Waals surface area contributed by atoms with Crippen molar-refractivity contribution >= 4 is 21.6 Å². The van der Waals surface area contributed by atoms with Crippen LogP contribution in [-0.4, -0.2) is 7.05 Å². The summed E-state index contributed by atoms with van der Waals surface area (Å²) in [6, 6.07) is 6.19. The molecule has 4 heteroatoms. The zero-order valence-electron chi connectivity index (χ0n) is 15.6. The molecule has 0 aliphatic carbocycles. The van der Waals surface area contributed by atoms with E-state index >= 15 is 0 Å². The predicted molar refractivity (Wildman–Crippen MR) is 108 cm³/mol. The number of allylic oxidation sites excluding steroid dienone is 6. The van der Waals surface area contributed by atoms with Crippen LogP contribution in [0.15, 0.2) is 51.7 Å². The topological polar surface area (TPSA) is 38.5 Å². The molecular formula is C20H29BrN2O. The lowest BCUT2D eigenvalue weighted by Crippen LogP contribution is -2.26. The summed E-state index contributed by atoms with van der Waals surface area (Å²) in [5.74, 6) is 6.87. The molecule has 0 spiro atoms. The summed E-state index contributed by atoms with van der Waals surface area (Å²) in [4.78, 5) is 0. The van der Waals surface area contributed by atoms with E-state index in [0.29, 0.717) is 6.61 Å². The highest BCUT2D eigenvalue weighted by atomic mass is 79.9. The summed E-state index contributed by atoms with van der Waals surface area (Å²) in [6.45, 7) is 10.8. The van der Waals surface area contributed by atoms with E-state index in [1.165, 1.54) is 11.1 Å². The number of hydrogen-bond acceptors (Lipinski definition) is 3. The van der Waals surface area contributed by atoms with Crippen molar-refractivity contribution in [1.82, 2.24) is 0 Å². The third-order valence-electron chi connectivity index (χ3n) is 4.15. The summed E-state index contributed by atoms with van der Waals surface area (Å²) in [7, 11) is 1.85. The summed E-state index contributed by atoms with van der Waals surface area (Å²) in [5.41, 5.74) is 5.70. The number of hydrogen-bond donors (Lipinski definition) is 1. The zero-order chi connectivity index (χ0) is 18.3. The van der Waals surface area contributed by atoms with Gasteiger partial charge in [-0.15, -0.1) is 0 Å². The second-order valence-electron chi connectivity index (χ2n) is 5.87. The highest BCUT2D eigenvalue weighted by molar-refractivity contribution is 9.12. The molecule has 2 N–H and O–H groups in total. The van der Waals surface area contributed by atoms with E-state index in [2.05, 4.69) is 54.9 Å². The quantitative estimate of drug-likeness (QED) is 0.283. The molecule has 0 unspecified atom stereocenters. The molecule has 0 atom stereocenters. The first kappa shape index (κ1) is 20.5. The van der Waals surface area contributed by atoms with Crippen molar-refractivity contribution in [1.29, 1.82) is 0 Å². The molecule has 0 radical (unpaired) electrons. The average molecular weight is 393 g/mol. The molecule has 1 rings (SSSR count). The number of nitrogens with zero attached hydrogens (tertiary/aromatic N) is 1. The number of hydrazine groups is 1. The largest absolute Gasteiger partial charge is 0.493 e. The summed E-state index contributed by atoms with van der Waals surface area (Å²) < 4.78 is 7.12. The van der Waals surface area contributed by atoms with Crippen molar-refractivity contribution < 1.29 is 4.74 Å². The fraction of sp³-hybridized carbons (Fsp3) is 0.400. The van der Waals surface area contributed by atoms with Gasteiger partial charge in [-0.1, -0.05) is 41.1 Å².